The molecule has 0 radical (unpaired) electrons. The minimum Gasteiger partial charge on any atom is -0.376 e. The number of hydrogen-bond acceptors (Lipinski definition) is 6. The molecule has 0 spiro atoms. The highest BCUT2D eigenvalue weighted by Gasteiger charge is 2.08. The van der Waals surface area contributed by atoms with E-state index in [-0.39, 0.29) is 17.7 Å². The Morgan fingerprint density at radius 1 is 1.23 bits per heavy atom. The van der Waals surface area contributed by atoms with Gasteiger partial charge in [-0.2, -0.15) is 5.10 Å². The summed E-state index contributed by atoms with van der Waals surface area (Å²) in [6.45, 7) is 2.10. The molecular weight excluding hydrogens is 302 g/mol. The van der Waals surface area contributed by atoms with Crippen molar-refractivity contribution in [1.29, 1.82) is 0 Å². The molecule has 0 unspecified atom stereocenters. The molecule has 0 aliphatic carbocycles. The largest absolute Gasteiger partial charge is 0.376 e. The van der Waals surface area contributed by atoms with Crippen LogP contribution in [0.4, 0.5) is 5.69 Å². The van der Waals surface area contributed by atoms with Crippen LogP contribution in [0.15, 0.2) is 34.1 Å². The first kappa shape index (κ1) is 14.5. The van der Waals surface area contributed by atoms with Gasteiger partial charge in [0.1, 0.15) is 0 Å². The van der Waals surface area contributed by atoms with Gasteiger partial charge in [-0.1, -0.05) is 0 Å². The predicted octanol–water partition coefficient (Wildman–Crippen LogP) is 0.735. The van der Waals surface area contributed by atoms with Gasteiger partial charge in [0.15, 0.2) is 4.96 Å². The van der Waals surface area contributed by atoms with Crippen LogP contribution in [0.5, 0.6) is 0 Å². The zero-order valence-electron chi connectivity index (χ0n) is 12.5. The first-order valence-corrected chi connectivity index (χ1v) is 7.49. The summed E-state index contributed by atoms with van der Waals surface area (Å²) in [6.07, 6.45) is 3.37. The Morgan fingerprint density at radius 3 is 2.68 bits per heavy atom. The van der Waals surface area contributed by atoms with Gasteiger partial charge in [0, 0.05) is 37.3 Å². The summed E-state index contributed by atoms with van der Waals surface area (Å²) in [7, 11) is 3.69. The van der Waals surface area contributed by atoms with E-state index >= 15 is 0 Å². The molecule has 0 amide bonds. The van der Waals surface area contributed by atoms with Crippen molar-refractivity contribution < 1.29 is 0 Å². The standard InChI is InChI=1S/C14H15N5O2S/c1-9-7-18-12(20)4-10(16-14(18)22-9)8-19-13(21)5-11(6-15-19)17(2)3/h4-7H,8H2,1-3H3. The van der Waals surface area contributed by atoms with Gasteiger partial charge in [-0.25, -0.2) is 9.67 Å². The topological polar surface area (TPSA) is 72.5 Å². The van der Waals surface area contributed by atoms with Gasteiger partial charge in [-0.15, -0.1) is 11.3 Å². The molecule has 114 valence electrons. The van der Waals surface area contributed by atoms with E-state index in [0.717, 1.165) is 10.6 Å². The third-order valence-corrected chi connectivity index (χ3v) is 4.12. The molecule has 7 nitrogen and oxygen atoms in total. The van der Waals surface area contributed by atoms with E-state index in [4.69, 9.17) is 0 Å². The van der Waals surface area contributed by atoms with Crippen LogP contribution in [0.1, 0.15) is 10.6 Å². The summed E-state index contributed by atoms with van der Waals surface area (Å²) < 4.78 is 2.81. The fourth-order valence-electron chi connectivity index (χ4n) is 2.08. The second-order valence-corrected chi connectivity index (χ2v) is 6.40. The van der Waals surface area contributed by atoms with Crippen molar-refractivity contribution >= 4 is 22.0 Å². The summed E-state index contributed by atoms with van der Waals surface area (Å²) in [6, 6.07) is 2.95. The average molecular weight is 317 g/mol. The van der Waals surface area contributed by atoms with Crippen molar-refractivity contribution in [2.24, 2.45) is 0 Å². The van der Waals surface area contributed by atoms with Gasteiger partial charge in [-0.05, 0) is 6.92 Å². The lowest BCUT2D eigenvalue weighted by Gasteiger charge is -2.12. The maximum absolute atomic E-state index is 12.1. The number of fused-ring (bicyclic) bond motifs is 1. The molecule has 0 aliphatic heterocycles. The van der Waals surface area contributed by atoms with Gasteiger partial charge < -0.3 is 4.90 Å². The highest BCUT2D eigenvalue weighted by atomic mass is 32.1. The summed E-state index contributed by atoms with van der Waals surface area (Å²) in [5, 5.41) is 4.13. The number of thiazole rings is 1. The first-order valence-electron chi connectivity index (χ1n) is 6.67. The second kappa shape index (κ2) is 5.38. The Bertz CT molecular complexity index is 954. The van der Waals surface area contributed by atoms with Crippen molar-refractivity contribution in [3.05, 3.63) is 55.8 Å². The van der Waals surface area contributed by atoms with Crippen molar-refractivity contribution in [1.82, 2.24) is 19.2 Å². The van der Waals surface area contributed by atoms with E-state index in [0.29, 0.717) is 10.7 Å². The monoisotopic (exact) mass is 317 g/mol. The van der Waals surface area contributed by atoms with Gasteiger partial charge in [0.05, 0.1) is 24.1 Å². The molecule has 0 saturated carbocycles. The normalized spacial score (nSPS) is 11.0. The lowest BCUT2D eigenvalue weighted by Crippen LogP contribution is -2.26. The van der Waals surface area contributed by atoms with E-state index in [1.165, 1.54) is 32.6 Å². The Balaban J connectivity index is 2.00. The minimum atomic E-state index is -0.226. The Hall–Kier alpha value is -2.48. The van der Waals surface area contributed by atoms with E-state index in [1.807, 2.05) is 25.9 Å². The molecule has 0 bridgehead atoms. The molecular formula is C14H15N5O2S. The number of nitrogens with zero attached hydrogens (tertiary/aromatic N) is 5. The first-order chi connectivity index (χ1) is 10.4. The Kier molecular flexibility index (Phi) is 3.53. The smallest absolute Gasteiger partial charge is 0.269 e. The van der Waals surface area contributed by atoms with Crippen molar-refractivity contribution in [2.45, 2.75) is 13.5 Å². The molecule has 0 aromatic carbocycles. The zero-order valence-corrected chi connectivity index (χ0v) is 13.3. The average Bonchev–Trinajstić information content (AvgIpc) is 2.82. The van der Waals surface area contributed by atoms with E-state index in [9.17, 15) is 9.59 Å². The maximum Gasteiger partial charge on any atom is 0.269 e. The second-order valence-electron chi connectivity index (χ2n) is 5.18. The van der Waals surface area contributed by atoms with Gasteiger partial charge in [-0.3, -0.25) is 14.0 Å². The van der Waals surface area contributed by atoms with Crippen LogP contribution < -0.4 is 16.0 Å². The van der Waals surface area contributed by atoms with Crippen LogP contribution in [0.25, 0.3) is 4.96 Å². The van der Waals surface area contributed by atoms with Crippen LogP contribution in [-0.4, -0.2) is 33.3 Å². The third-order valence-electron chi connectivity index (χ3n) is 3.22. The summed E-state index contributed by atoms with van der Waals surface area (Å²) in [5.74, 6) is 0. The number of aryl methyl sites for hydroxylation is 1. The number of anilines is 1. The molecule has 0 fully saturated rings. The van der Waals surface area contributed by atoms with E-state index in [1.54, 1.807) is 12.4 Å². The van der Waals surface area contributed by atoms with Crippen molar-refractivity contribution in [3.63, 3.8) is 0 Å². The highest BCUT2D eigenvalue weighted by Crippen LogP contribution is 2.13. The van der Waals surface area contributed by atoms with E-state index in [2.05, 4.69) is 10.1 Å². The Morgan fingerprint density at radius 2 is 2.00 bits per heavy atom. The van der Waals surface area contributed by atoms with Crippen LogP contribution in [0.3, 0.4) is 0 Å². The maximum atomic E-state index is 12.1. The van der Waals surface area contributed by atoms with Gasteiger partial charge >= 0.3 is 0 Å². The fourth-order valence-corrected chi connectivity index (χ4v) is 2.93. The molecule has 22 heavy (non-hydrogen) atoms. The SMILES string of the molecule is Cc1cn2c(=O)cc(Cn3ncc(N(C)C)cc3=O)nc2s1. The molecule has 0 saturated heterocycles. The molecule has 3 heterocycles. The highest BCUT2D eigenvalue weighted by molar-refractivity contribution is 7.16. The third kappa shape index (κ3) is 2.64. The predicted molar refractivity (Wildman–Crippen MR) is 86.0 cm³/mol. The molecule has 3 aromatic rings. The summed E-state index contributed by atoms with van der Waals surface area (Å²) >= 11 is 1.44. The number of hydrogen-bond donors (Lipinski definition) is 0. The molecule has 0 atom stereocenters. The molecule has 3 aromatic heterocycles. The molecule has 8 heteroatoms. The Labute approximate surface area is 130 Å². The van der Waals surface area contributed by atoms with Crippen LogP contribution >= 0.6 is 11.3 Å². The van der Waals surface area contributed by atoms with Gasteiger partial charge in [0.2, 0.25) is 0 Å². The lowest BCUT2D eigenvalue weighted by atomic mass is 10.4. The van der Waals surface area contributed by atoms with Crippen LogP contribution in [-0.2, 0) is 6.54 Å². The van der Waals surface area contributed by atoms with Crippen molar-refractivity contribution in [2.75, 3.05) is 19.0 Å². The molecule has 0 aliphatic rings. The quantitative estimate of drug-likeness (QED) is 0.712. The number of rotatable bonds is 3. The fraction of sp³-hybridized carbons (Fsp3) is 0.286. The minimum absolute atomic E-state index is 0.151. The van der Waals surface area contributed by atoms with E-state index < -0.39 is 0 Å². The molecule has 0 N–H and O–H groups in total. The lowest BCUT2D eigenvalue weighted by molar-refractivity contribution is 0.627. The molecule has 3 rings (SSSR count). The van der Waals surface area contributed by atoms with Gasteiger partial charge in [0.25, 0.3) is 11.1 Å². The summed E-state index contributed by atoms with van der Waals surface area (Å²) in [5.41, 5.74) is 0.885. The van der Waals surface area contributed by atoms with Crippen molar-refractivity contribution in [3.8, 4) is 0 Å². The van der Waals surface area contributed by atoms with Crippen LogP contribution in [0, 0.1) is 6.92 Å². The summed E-state index contributed by atoms with van der Waals surface area (Å²) in [4.78, 5) is 32.0. The van der Waals surface area contributed by atoms with Crippen LogP contribution in [0.2, 0.25) is 0 Å². The zero-order chi connectivity index (χ0) is 15.9. The number of aromatic nitrogens is 4.